The number of fused-ring (bicyclic) bond motifs is 1. The van der Waals surface area contributed by atoms with Gasteiger partial charge in [0.05, 0.1) is 5.60 Å². The van der Waals surface area contributed by atoms with E-state index in [-0.39, 0.29) is 5.91 Å². The van der Waals surface area contributed by atoms with Crippen LogP contribution in [0.25, 0.3) is 10.9 Å². The van der Waals surface area contributed by atoms with Gasteiger partial charge in [-0.2, -0.15) is 0 Å². The summed E-state index contributed by atoms with van der Waals surface area (Å²) in [5, 5.41) is 14.6. The average molecular weight is 307 g/mol. The van der Waals surface area contributed by atoms with Crippen LogP contribution < -0.4 is 5.32 Å². The molecule has 1 aromatic heterocycles. The van der Waals surface area contributed by atoms with Gasteiger partial charge in [0.15, 0.2) is 0 Å². The van der Waals surface area contributed by atoms with Crippen molar-refractivity contribution >= 4 is 28.4 Å². The third-order valence-electron chi connectivity index (χ3n) is 4.21. The number of amides is 1. The molecular weight excluding hydrogens is 288 g/mol. The number of hydrogen-bond donors (Lipinski definition) is 2. The summed E-state index contributed by atoms with van der Waals surface area (Å²) in [5.74, 6) is -0.0221. The monoisotopic (exact) mass is 306 g/mol. The molecule has 0 bridgehead atoms. The lowest BCUT2D eigenvalue weighted by molar-refractivity contribution is -0.123. The minimum Gasteiger partial charge on any atom is -0.388 e. The number of nitrogens with zero attached hydrogens (tertiary/aromatic N) is 1. The number of hydrogen-bond acceptors (Lipinski definition) is 2. The third kappa shape index (κ3) is 3.22. The molecule has 21 heavy (non-hydrogen) atoms. The molecule has 0 unspecified atom stereocenters. The number of nitrogens with one attached hydrogen (secondary N) is 1. The van der Waals surface area contributed by atoms with Crippen LogP contribution in [0.2, 0.25) is 5.02 Å². The van der Waals surface area contributed by atoms with Crippen molar-refractivity contribution in [2.75, 3.05) is 6.54 Å². The van der Waals surface area contributed by atoms with Crippen LogP contribution in [0, 0.1) is 0 Å². The molecule has 1 aliphatic rings. The Morgan fingerprint density at radius 3 is 2.90 bits per heavy atom. The number of carbonyl (C=O) groups is 1. The molecule has 2 aromatic rings. The molecule has 1 fully saturated rings. The highest BCUT2D eigenvalue weighted by molar-refractivity contribution is 6.31. The lowest BCUT2D eigenvalue weighted by atomic mass is 9.80. The van der Waals surface area contributed by atoms with Crippen LogP contribution in [-0.2, 0) is 11.3 Å². The van der Waals surface area contributed by atoms with Crippen molar-refractivity contribution < 1.29 is 9.90 Å². The van der Waals surface area contributed by atoms with Gasteiger partial charge >= 0.3 is 0 Å². The fourth-order valence-corrected chi connectivity index (χ4v) is 2.88. The van der Waals surface area contributed by atoms with E-state index < -0.39 is 5.60 Å². The molecule has 1 heterocycles. The molecule has 0 spiro atoms. The van der Waals surface area contributed by atoms with Gasteiger partial charge in [-0.3, -0.25) is 4.79 Å². The first-order valence-electron chi connectivity index (χ1n) is 7.29. The Bertz CT molecular complexity index is 661. The van der Waals surface area contributed by atoms with Crippen molar-refractivity contribution in [1.29, 1.82) is 0 Å². The highest BCUT2D eigenvalue weighted by atomic mass is 35.5. The molecule has 5 heteroatoms. The van der Waals surface area contributed by atoms with Crippen LogP contribution in [0.3, 0.4) is 0 Å². The van der Waals surface area contributed by atoms with Gasteiger partial charge in [-0.25, -0.2) is 0 Å². The van der Waals surface area contributed by atoms with Crippen LogP contribution in [-0.4, -0.2) is 27.7 Å². The summed E-state index contributed by atoms with van der Waals surface area (Å²) in [4.78, 5) is 11.9. The van der Waals surface area contributed by atoms with Crippen LogP contribution in [0.1, 0.15) is 25.7 Å². The zero-order valence-electron chi connectivity index (χ0n) is 11.8. The Labute approximate surface area is 128 Å². The summed E-state index contributed by atoms with van der Waals surface area (Å²) >= 11 is 5.96. The molecule has 1 saturated carbocycles. The smallest absolute Gasteiger partial charge is 0.221 e. The molecule has 3 rings (SSSR count). The molecule has 1 amide bonds. The van der Waals surface area contributed by atoms with E-state index in [1.807, 2.05) is 35.0 Å². The minimum atomic E-state index is -0.660. The molecule has 0 aliphatic heterocycles. The van der Waals surface area contributed by atoms with E-state index >= 15 is 0 Å². The average Bonchev–Trinajstić information content (AvgIpc) is 2.83. The number of rotatable bonds is 5. The molecule has 4 nitrogen and oxygen atoms in total. The molecule has 2 N–H and O–H groups in total. The topological polar surface area (TPSA) is 54.3 Å². The Balaban J connectivity index is 1.55. The van der Waals surface area contributed by atoms with Crippen LogP contribution in [0.5, 0.6) is 0 Å². The molecule has 112 valence electrons. The van der Waals surface area contributed by atoms with E-state index in [0.29, 0.717) is 24.5 Å². The Hall–Kier alpha value is -1.52. The van der Waals surface area contributed by atoms with Gasteiger partial charge in [0, 0.05) is 41.6 Å². The first kappa shape index (κ1) is 14.4. The van der Waals surface area contributed by atoms with Gasteiger partial charge in [0.1, 0.15) is 0 Å². The molecule has 0 saturated heterocycles. The molecular formula is C16H19ClN2O2. The second-order valence-corrected chi connectivity index (χ2v) is 6.25. The van der Waals surface area contributed by atoms with E-state index in [1.165, 1.54) is 0 Å². The number of benzene rings is 1. The summed E-state index contributed by atoms with van der Waals surface area (Å²) < 4.78 is 2.04. The predicted octanol–water partition coefficient (Wildman–Crippen LogP) is 2.72. The summed E-state index contributed by atoms with van der Waals surface area (Å²) in [7, 11) is 0. The lowest BCUT2D eigenvalue weighted by Gasteiger charge is -2.36. The molecule has 0 radical (unpaired) electrons. The van der Waals surface area contributed by atoms with E-state index in [2.05, 4.69) is 5.32 Å². The second-order valence-electron chi connectivity index (χ2n) is 5.82. The third-order valence-corrected chi connectivity index (χ3v) is 4.45. The zero-order chi connectivity index (χ0) is 14.9. The first-order valence-corrected chi connectivity index (χ1v) is 7.67. The number of carbonyl (C=O) groups excluding carboxylic acids is 1. The number of aliphatic hydroxyl groups is 1. The summed E-state index contributed by atoms with van der Waals surface area (Å²) in [6, 6.07) is 7.73. The van der Waals surface area contributed by atoms with Crippen molar-refractivity contribution in [3.63, 3.8) is 0 Å². The fraction of sp³-hybridized carbons (Fsp3) is 0.438. The molecule has 1 aliphatic carbocycles. The van der Waals surface area contributed by atoms with Gasteiger partial charge in [-0.1, -0.05) is 11.6 Å². The van der Waals surface area contributed by atoms with E-state index in [9.17, 15) is 9.90 Å². The SMILES string of the molecule is O=C(CCn1ccc2cc(Cl)ccc21)NCC1(O)CCC1. The van der Waals surface area contributed by atoms with E-state index in [0.717, 1.165) is 30.2 Å². The van der Waals surface area contributed by atoms with E-state index in [1.54, 1.807) is 0 Å². The lowest BCUT2D eigenvalue weighted by Crippen LogP contribution is -2.47. The maximum Gasteiger partial charge on any atom is 0.221 e. The van der Waals surface area contributed by atoms with Crippen LogP contribution in [0.15, 0.2) is 30.5 Å². The maximum atomic E-state index is 11.9. The van der Waals surface area contributed by atoms with Gasteiger partial charge < -0.3 is 15.0 Å². The first-order chi connectivity index (χ1) is 10.1. The normalized spacial score (nSPS) is 16.7. The Kier molecular flexibility index (Phi) is 3.91. The van der Waals surface area contributed by atoms with Gasteiger partial charge in [0.2, 0.25) is 5.91 Å². The second kappa shape index (κ2) is 5.70. The van der Waals surface area contributed by atoms with Crippen molar-refractivity contribution in [3.05, 3.63) is 35.5 Å². The predicted molar refractivity (Wildman–Crippen MR) is 83.4 cm³/mol. The highest BCUT2D eigenvalue weighted by Crippen LogP contribution is 2.30. The largest absolute Gasteiger partial charge is 0.388 e. The Morgan fingerprint density at radius 2 is 2.19 bits per heavy atom. The van der Waals surface area contributed by atoms with Crippen LogP contribution >= 0.6 is 11.6 Å². The van der Waals surface area contributed by atoms with Gasteiger partial charge in [-0.05, 0) is 43.5 Å². The number of aryl methyl sites for hydroxylation is 1. The fourth-order valence-electron chi connectivity index (χ4n) is 2.70. The van der Waals surface area contributed by atoms with Crippen molar-refractivity contribution in [2.24, 2.45) is 0 Å². The summed E-state index contributed by atoms with van der Waals surface area (Å²) in [6.07, 6.45) is 4.99. The number of halogens is 1. The molecule has 0 atom stereocenters. The summed E-state index contributed by atoms with van der Waals surface area (Å²) in [6.45, 7) is 0.989. The maximum absolute atomic E-state index is 11.9. The quantitative estimate of drug-likeness (QED) is 0.892. The van der Waals surface area contributed by atoms with Crippen molar-refractivity contribution in [1.82, 2.24) is 9.88 Å². The van der Waals surface area contributed by atoms with Crippen LogP contribution in [0.4, 0.5) is 0 Å². The zero-order valence-corrected chi connectivity index (χ0v) is 12.6. The van der Waals surface area contributed by atoms with Crippen molar-refractivity contribution in [2.45, 2.75) is 37.8 Å². The molecule has 1 aromatic carbocycles. The van der Waals surface area contributed by atoms with Gasteiger partial charge in [-0.15, -0.1) is 0 Å². The highest BCUT2D eigenvalue weighted by Gasteiger charge is 2.34. The number of aromatic nitrogens is 1. The minimum absolute atomic E-state index is 0.0221. The van der Waals surface area contributed by atoms with Gasteiger partial charge in [0.25, 0.3) is 0 Å². The standard InChI is InChI=1S/C16H19ClN2O2/c17-13-2-3-14-12(10-13)4-8-19(14)9-5-15(20)18-11-16(21)6-1-7-16/h2-4,8,10,21H,1,5-7,9,11H2,(H,18,20). The Morgan fingerprint density at radius 1 is 1.38 bits per heavy atom. The van der Waals surface area contributed by atoms with Crippen molar-refractivity contribution in [3.8, 4) is 0 Å². The van der Waals surface area contributed by atoms with E-state index in [4.69, 9.17) is 11.6 Å². The summed E-state index contributed by atoms with van der Waals surface area (Å²) in [5.41, 5.74) is 0.414.